The molecule has 0 saturated carbocycles. The Labute approximate surface area is 106 Å². The minimum Gasteiger partial charge on any atom is -0.480 e. The van der Waals surface area contributed by atoms with Gasteiger partial charge in [0, 0.05) is 25.9 Å². The first-order valence-electron chi connectivity index (χ1n) is 5.82. The molecule has 0 bridgehead atoms. The Hall–Kier alpha value is -1.91. The first-order chi connectivity index (χ1) is 8.43. The van der Waals surface area contributed by atoms with Gasteiger partial charge >= 0.3 is 5.97 Å². The zero-order chi connectivity index (χ0) is 13.7. The van der Waals surface area contributed by atoms with Crippen molar-refractivity contribution in [1.29, 1.82) is 0 Å². The van der Waals surface area contributed by atoms with Gasteiger partial charge in [-0.15, -0.1) is 0 Å². The number of hydrogen-bond acceptors (Lipinski definition) is 3. The number of carboxylic acid groups (broad SMARTS) is 1. The van der Waals surface area contributed by atoms with Gasteiger partial charge in [0.05, 0.1) is 0 Å². The van der Waals surface area contributed by atoms with Crippen molar-refractivity contribution in [3.05, 3.63) is 30.1 Å². The third-order valence-electron chi connectivity index (χ3n) is 2.73. The van der Waals surface area contributed by atoms with Gasteiger partial charge in [-0.1, -0.05) is 13.8 Å². The van der Waals surface area contributed by atoms with Gasteiger partial charge in [0.15, 0.2) is 0 Å². The Morgan fingerprint density at radius 2 is 1.89 bits per heavy atom. The summed E-state index contributed by atoms with van der Waals surface area (Å²) in [7, 11) is 0. The third-order valence-corrected chi connectivity index (χ3v) is 2.73. The number of amides is 1. The molecule has 18 heavy (non-hydrogen) atoms. The lowest BCUT2D eigenvalue weighted by atomic mass is 10.0. The molecule has 5 heteroatoms. The summed E-state index contributed by atoms with van der Waals surface area (Å²) < 4.78 is 0. The molecule has 1 amide bonds. The minimum atomic E-state index is -0.978. The van der Waals surface area contributed by atoms with E-state index in [0.29, 0.717) is 0 Å². The molecule has 1 aromatic heterocycles. The molecule has 0 spiro atoms. The lowest BCUT2D eigenvalue weighted by Gasteiger charge is -2.30. The van der Waals surface area contributed by atoms with E-state index >= 15 is 0 Å². The van der Waals surface area contributed by atoms with Gasteiger partial charge in [0.2, 0.25) is 5.91 Å². The van der Waals surface area contributed by atoms with Crippen LogP contribution in [0.25, 0.3) is 0 Å². The summed E-state index contributed by atoms with van der Waals surface area (Å²) in [6.07, 6.45) is 3.25. The van der Waals surface area contributed by atoms with Crippen molar-refractivity contribution >= 4 is 11.9 Å². The molecule has 1 aromatic rings. The fourth-order valence-electron chi connectivity index (χ4n) is 1.87. The number of hydrogen-bond donors (Lipinski definition) is 1. The number of pyridine rings is 1. The molecule has 1 unspecified atom stereocenters. The molecule has 1 heterocycles. The molecule has 1 N–H and O–H groups in total. The fourth-order valence-corrected chi connectivity index (χ4v) is 1.87. The van der Waals surface area contributed by atoms with E-state index in [1.807, 2.05) is 0 Å². The highest BCUT2D eigenvalue weighted by molar-refractivity contribution is 5.82. The molecule has 0 saturated heterocycles. The summed E-state index contributed by atoms with van der Waals surface area (Å²) >= 11 is 0. The maximum atomic E-state index is 11.6. The predicted molar refractivity (Wildman–Crippen MR) is 66.7 cm³/mol. The molecule has 1 rings (SSSR count). The van der Waals surface area contributed by atoms with Gasteiger partial charge < -0.3 is 10.0 Å². The summed E-state index contributed by atoms with van der Waals surface area (Å²) in [5, 5.41) is 9.23. The maximum absolute atomic E-state index is 11.6. The Morgan fingerprint density at radius 1 is 1.33 bits per heavy atom. The van der Waals surface area contributed by atoms with Crippen molar-refractivity contribution in [3.63, 3.8) is 0 Å². The summed E-state index contributed by atoms with van der Waals surface area (Å²) in [4.78, 5) is 28.2. The third kappa shape index (κ3) is 3.55. The first kappa shape index (κ1) is 14.2. The molecule has 1 atom stereocenters. The van der Waals surface area contributed by atoms with E-state index < -0.39 is 12.0 Å². The maximum Gasteiger partial charge on any atom is 0.326 e. The Balaban J connectivity index is 2.95. The fraction of sp³-hybridized carbons (Fsp3) is 0.462. The Morgan fingerprint density at radius 3 is 2.28 bits per heavy atom. The predicted octanol–water partition coefficient (Wildman–Crippen LogP) is 1.54. The van der Waals surface area contributed by atoms with Crippen LogP contribution in [-0.2, 0) is 16.1 Å². The highest BCUT2D eigenvalue weighted by atomic mass is 16.4. The van der Waals surface area contributed by atoms with Gasteiger partial charge in [0.1, 0.15) is 6.04 Å². The van der Waals surface area contributed by atoms with Gasteiger partial charge in [-0.05, 0) is 23.6 Å². The minimum absolute atomic E-state index is 0.145. The molecule has 0 aliphatic heterocycles. The number of rotatable bonds is 5. The number of carboxylic acids is 1. The summed E-state index contributed by atoms with van der Waals surface area (Å²) in [5.74, 6) is -1.37. The average Bonchev–Trinajstić information content (AvgIpc) is 2.28. The van der Waals surface area contributed by atoms with Crippen molar-refractivity contribution in [2.45, 2.75) is 33.4 Å². The monoisotopic (exact) mass is 250 g/mol. The second-order valence-electron chi connectivity index (χ2n) is 4.53. The largest absolute Gasteiger partial charge is 0.480 e. The topological polar surface area (TPSA) is 70.5 Å². The van der Waals surface area contributed by atoms with Gasteiger partial charge in [-0.3, -0.25) is 9.78 Å². The second kappa shape index (κ2) is 6.14. The lowest BCUT2D eigenvalue weighted by molar-refractivity contribution is -0.152. The van der Waals surface area contributed by atoms with Crippen molar-refractivity contribution in [1.82, 2.24) is 9.88 Å². The smallest absolute Gasteiger partial charge is 0.326 e. The van der Waals surface area contributed by atoms with Crippen LogP contribution in [0.1, 0.15) is 26.3 Å². The van der Waals surface area contributed by atoms with E-state index in [0.717, 1.165) is 5.56 Å². The molecule has 5 nitrogen and oxygen atoms in total. The van der Waals surface area contributed by atoms with Crippen LogP contribution >= 0.6 is 0 Å². The van der Waals surface area contributed by atoms with E-state index in [-0.39, 0.29) is 18.4 Å². The van der Waals surface area contributed by atoms with Crippen LogP contribution in [0, 0.1) is 5.92 Å². The number of carbonyl (C=O) groups excluding carboxylic acids is 1. The van der Waals surface area contributed by atoms with E-state index in [1.165, 1.54) is 11.8 Å². The number of nitrogens with zero attached hydrogens (tertiary/aromatic N) is 2. The van der Waals surface area contributed by atoms with Crippen molar-refractivity contribution in [3.8, 4) is 0 Å². The van der Waals surface area contributed by atoms with Gasteiger partial charge in [-0.2, -0.15) is 0 Å². The summed E-state index contributed by atoms with van der Waals surface area (Å²) in [5.41, 5.74) is 0.868. The molecule has 0 radical (unpaired) electrons. The van der Waals surface area contributed by atoms with E-state index in [1.54, 1.807) is 38.4 Å². The zero-order valence-electron chi connectivity index (χ0n) is 10.8. The van der Waals surface area contributed by atoms with E-state index in [4.69, 9.17) is 0 Å². The van der Waals surface area contributed by atoms with Crippen molar-refractivity contribution in [2.24, 2.45) is 5.92 Å². The number of carbonyl (C=O) groups is 2. The molecule has 0 fully saturated rings. The molecule has 0 aromatic carbocycles. The van der Waals surface area contributed by atoms with Crippen LogP contribution in [0.4, 0.5) is 0 Å². The second-order valence-corrected chi connectivity index (χ2v) is 4.53. The molecule has 0 aliphatic rings. The normalized spacial score (nSPS) is 12.2. The van der Waals surface area contributed by atoms with Crippen LogP contribution in [0.15, 0.2) is 24.5 Å². The molecule has 98 valence electrons. The lowest BCUT2D eigenvalue weighted by Crippen LogP contribution is -2.46. The summed E-state index contributed by atoms with van der Waals surface area (Å²) in [6, 6.07) is 2.74. The molecule has 0 aliphatic carbocycles. The number of aliphatic carboxylic acids is 1. The Kier molecular flexibility index (Phi) is 4.83. The molecular weight excluding hydrogens is 232 g/mol. The van der Waals surface area contributed by atoms with Crippen molar-refractivity contribution in [2.75, 3.05) is 0 Å². The quantitative estimate of drug-likeness (QED) is 0.860. The van der Waals surface area contributed by atoms with E-state index in [2.05, 4.69) is 4.98 Å². The number of aromatic nitrogens is 1. The zero-order valence-corrected chi connectivity index (χ0v) is 10.8. The summed E-state index contributed by atoms with van der Waals surface area (Å²) in [6.45, 7) is 5.26. The average molecular weight is 250 g/mol. The van der Waals surface area contributed by atoms with E-state index in [9.17, 15) is 14.7 Å². The van der Waals surface area contributed by atoms with Gasteiger partial charge in [0.25, 0.3) is 0 Å². The first-order valence-corrected chi connectivity index (χ1v) is 5.82. The van der Waals surface area contributed by atoms with Crippen LogP contribution < -0.4 is 0 Å². The Bertz CT molecular complexity index is 418. The standard InChI is InChI=1S/C13H18N2O3/c1-9(2)12(13(17)18)15(10(3)16)8-11-4-6-14-7-5-11/h4-7,9,12H,8H2,1-3H3,(H,17,18). The van der Waals surface area contributed by atoms with Gasteiger partial charge in [-0.25, -0.2) is 4.79 Å². The van der Waals surface area contributed by atoms with Crippen LogP contribution in [0.2, 0.25) is 0 Å². The van der Waals surface area contributed by atoms with Crippen molar-refractivity contribution < 1.29 is 14.7 Å². The highest BCUT2D eigenvalue weighted by Gasteiger charge is 2.30. The van der Waals surface area contributed by atoms with Crippen LogP contribution in [-0.4, -0.2) is 32.9 Å². The molecular formula is C13H18N2O3. The highest BCUT2D eigenvalue weighted by Crippen LogP contribution is 2.15. The van der Waals surface area contributed by atoms with Crippen LogP contribution in [0.5, 0.6) is 0 Å². The SMILES string of the molecule is CC(=O)N(Cc1ccncc1)C(C(=O)O)C(C)C. The van der Waals surface area contributed by atoms with Crippen LogP contribution in [0.3, 0.4) is 0 Å².